The molecule has 34 atom stereocenters. The third kappa shape index (κ3) is 33.9. The van der Waals surface area contributed by atoms with E-state index in [-0.39, 0.29) is 6.42 Å². The van der Waals surface area contributed by atoms with Crippen molar-refractivity contribution in [2.24, 2.45) is 0 Å². The van der Waals surface area contributed by atoms with Crippen molar-refractivity contribution in [2.45, 2.75) is 447 Å². The zero-order valence-corrected chi connectivity index (χ0v) is 74.9. The summed E-state index contributed by atoms with van der Waals surface area (Å²) in [6, 6.07) is -7.04. The summed E-state index contributed by atoms with van der Waals surface area (Å²) in [5.41, 5.74) is 0. The molecule has 6 aliphatic rings. The van der Waals surface area contributed by atoms with E-state index in [1.54, 1.807) is 6.08 Å². The molecule has 12 unspecified atom stereocenters. The summed E-state index contributed by atoms with van der Waals surface area (Å²) < 4.78 is 72.8. The molecular formula is C86H152N4O39. The van der Waals surface area contributed by atoms with Crippen LogP contribution in [0.25, 0.3) is 0 Å². The maximum Gasteiger partial charge on any atom is 0.364 e. The Balaban J connectivity index is 1.33. The number of carbonyl (C=O) groups is 6. The Morgan fingerprint density at radius 3 is 1.28 bits per heavy atom. The second kappa shape index (κ2) is 58.0. The minimum Gasteiger partial charge on any atom is -0.477 e. The molecule has 0 saturated carbocycles. The predicted octanol–water partition coefficient (Wildman–Crippen LogP) is -3.09. The largest absolute Gasteiger partial charge is 0.477 e. The zero-order chi connectivity index (χ0) is 95.2. The number of carboxylic acid groups (broad SMARTS) is 2. The van der Waals surface area contributed by atoms with Gasteiger partial charge in [-0.3, -0.25) is 19.2 Å². The van der Waals surface area contributed by atoms with Crippen LogP contribution in [0.1, 0.15) is 240 Å². The van der Waals surface area contributed by atoms with Crippen molar-refractivity contribution in [3.05, 3.63) is 12.2 Å². The summed E-state index contributed by atoms with van der Waals surface area (Å²) in [7, 11) is 0. The third-order valence-corrected chi connectivity index (χ3v) is 24.6. The van der Waals surface area contributed by atoms with Gasteiger partial charge in [-0.2, -0.15) is 0 Å². The molecule has 6 rings (SSSR count). The number of hydrogen-bond donors (Lipinski definition) is 25. The lowest BCUT2D eigenvalue weighted by atomic mass is 9.88. The van der Waals surface area contributed by atoms with Crippen LogP contribution in [0.3, 0.4) is 0 Å². The van der Waals surface area contributed by atoms with Gasteiger partial charge in [0.1, 0.15) is 134 Å². The molecule has 6 heterocycles. The summed E-state index contributed by atoms with van der Waals surface area (Å²) >= 11 is 0. The molecule has 0 aromatic rings. The van der Waals surface area contributed by atoms with Crippen molar-refractivity contribution in [3.8, 4) is 0 Å². The smallest absolute Gasteiger partial charge is 0.364 e. The van der Waals surface area contributed by atoms with Crippen LogP contribution >= 0.6 is 0 Å². The fourth-order valence-electron chi connectivity index (χ4n) is 17.1. The summed E-state index contributed by atoms with van der Waals surface area (Å²) in [6.45, 7) is -0.941. The van der Waals surface area contributed by atoms with E-state index in [1.165, 1.54) is 115 Å². The molecule has 0 aromatic carbocycles. The highest BCUT2D eigenvalue weighted by atomic mass is 16.8. The van der Waals surface area contributed by atoms with Gasteiger partial charge < -0.3 is 185 Å². The number of hydrogen-bond acceptors (Lipinski definition) is 37. The standard InChI is InChI=1S/C86H152N4O39/c1-6-8-10-12-14-16-18-20-21-22-23-25-27-29-31-33-35-37-60(104)90-50(51(99)36-34-32-30-28-26-24-19-17-15-13-11-9-7-2)45-118-80-71(112)69(110)73(57(43-94)121-80)124-82-72(113)78(129-86(84(116)117)39-53(101)62(88-48(4)97)77(128-86)65(106)55(103)41-92)74(58(44-95)122-82)125-79-63(89-49(5)98)75(126-81-70(111)68(109)66(107)56(42-93)120-81)67(108)59(123-79)46-119-85(83(114)115)38-52(100)61(87-47(3)96)76(127-85)64(105)54(102)40-91/h34,36,50-59,61-82,91-95,99-103,105-113H,6-33,35,37-46H2,1-5H3,(H,87,96)(H,88,97)(H,89,98)(H,90,104)(H,114,115)(H,116,117)/b36-34+/t50-,51+,52?,53?,54+,55+,56?,57?,58?,59?,61+,62+,63?,64+,65+,66-,67-,68-,69+,70?,71?,72?,73+,74-,75+,76?,77?,78+,79-,80+,81-,82-,85+,86-/m0/s1. The summed E-state index contributed by atoms with van der Waals surface area (Å²) in [4.78, 5) is 80.1. The fraction of sp³-hybridized carbons (Fsp3) is 0.907. The molecular weight excluding hydrogens is 1710 g/mol. The van der Waals surface area contributed by atoms with Gasteiger partial charge in [-0.25, -0.2) is 9.59 Å². The van der Waals surface area contributed by atoms with Gasteiger partial charge in [-0.1, -0.05) is 193 Å². The van der Waals surface area contributed by atoms with Gasteiger partial charge in [0, 0.05) is 40.0 Å². The molecule has 43 heteroatoms. The lowest BCUT2D eigenvalue weighted by Crippen LogP contribution is -2.72. The Labute approximate surface area is 752 Å². The molecule has 25 N–H and O–H groups in total. The predicted molar refractivity (Wildman–Crippen MR) is 449 cm³/mol. The molecule has 6 aliphatic heterocycles. The molecule has 0 aliphatic carbocycles. The number of unbranched alkanes of at least 4 members (excludes halogenated alkanes) is 27. The number of rotatable bonds is 61. The van der Waals surface area contributed by atoms with Crippen LogP contribution in [0.5, 0.6) is 0 Å². The first-order chi connectivity index (χ1) is 61.5. The SMILES string of the molecule is CCCCCCCCCCCCC/C=C/[C@@H](O)[C@H](CO[C@@H]1OC(CO)[C@@H](O[C@@H]2OC(CO)[C@H](O[C@@H]3OC(CO[C@]4(C(=O)O)CC(O)[C@@H](NC(C)=O)C([C@H](O)[C@H](O)CO)O4)[C@H](O)[C@H](O[C@@H]4OC(CO)[C@H](O)[C@H](O)C4O)C3NC(C)=O)[C@H](O[C@]3(C(=O)O)CC(O)[C@@H](NC(C)=O)C([C@H](O)[C@H](O)CO)O3)C2O)[C@H](O)C1O)NC(=O)CCCCCCCCCCCCCCCCCCC. The second-order valence-electron chi connectivity index (χ2n) is 35.0. The summed E-state index contributed by atoms with van der Waals surface area (Å²) in [5.74, 6) is -14.5. The number of nitrogens with one attached hydrogen (secondary N) is 4. The highest BCUT2D eigenvalue weighted by Crippen LogP contribution is 2.43. The first-order valence-electron chi connectivity index (χ1n) is 46.2. The van der Waals surface area contributed by atoms with Crippen molar-refractivity contribution >= 4 is 35.6 Å². The minimum absolute atomic E-state index is 0.0860. The van der Waals surface area contributed by atoms with Crippen molar-refractivity contribution in [1.82, 2.24) is 21.3 Å². The molecule has 43 nitrogen and oxygen atoms in total. The van der Waals surface area contributed by atoms with E-state index < -0.39 is 302 Å². The van der Waals surface area contributed by atoms with E-state index in [4.69, 9.17) is 56.8 Å². The van der Waals surface area contributed by atoms with Crippen LogP contribution in [-0.4, -0.2) is 396 Å². The number of aliphatic carboxylic acids is 2. The van der Waals surface area contributed by atoms with Gasteiger partial charge in [-0.15, -0.1) is 0 Å². The lowest BCUT2D eigenvalue weighted by Gasteiger charge is -2.53. The molecule has 750 valence electrons. The average molecular weight is 1870 g/mol. The van der Waals surface area contributed by atoms with Crippen LogP contribution in [0.2, 0.25) is 0 Å². The minimum atomic E-state index is -3.55. The number of ether oxygens (including phenoxy) is 12. The molecule has 0 spiro atoms. The maximum absolute atomic E-state index is 14.2. The van der Waals surface area contributed by atoms with Gasteiger partial charge in [-0.05, 0) is 19.3 Å². The van der Waals surface area contributed by atoms with E-state index >= 15 is 0 Å². The number of aliphatic hydroxyl groups excluding tert-OH is 19. The Morgan fingerprint density at radius 1 is 0.419 bits per heavy atom. The van der Waals surface area contributed by atoms with Gasteiger partial charge in [0.2, 0.25) is 23.6 Å². The van der Waals surface area contributed by atoms with Crippen LogP contribution in [-0.2, 0) is 85.6 Å². The van der Waals surface area contributed by atoms with Gasteiger partial charge in [0.25, 0.3) is 11.6 Å². The first kappa shape index (κ1) is 113. The van der Waals surface area contributed by atoms with E-state index in [1.807, 2.05) is 0 Å². The number of aliphatic hydroxyl groups is 19. The Morgan fingerprint density at radius 2 is 0.814 bits per heavy atom. The molecule has 0 aromatic heterocycles. The quantitative estimate of drug-likeness (QED) is 0.0212. The van der Waals surface area contributed by atoms with Crippen molar-refractivity contribution < 1.29 is 193 Å². The highest BCUT2D eigenvalue weighted by molar-refractivity contribution is 5.78. The molecule has 6 fully saturated rings. The Kier molecular flexibility index (Phi) is 50.9. The van der Waals surface area contributed by atoms with Crippen molar-refractivity contribution in [3.63, 3.8) is 0 Å². The van der Waals surface area contributed by atoms with Crippen LogP contribution in [0, 0.1) is 0 Å². The van der Waals surface area contributed by atoms with E-state index in [9.17, 15) is 136 Å². The topological polar surface area (TPSA) is 686 Å². The third-order valence-electron chi connectivity index (χ3n) is 24.6. The van der Waals surface area contributed by atoms with Gasteiger partial charge >= 0.3 is 11.9 Å². The maximum atomic E-state index is 14.2. The van der Waals surface area contributed by atoms with Crippen LogP contribution in [0.4, 0.5) is 0 Å². The monoisotopic (exact) mass is 1870 g/mol. The lowest BCUT2D eigenvalue weighted by molar-refractivity contribution is -0.404. The van der Waals surface area contributed by atoms with Crippen LogP contribution < -0.4 is 21.3 Å². The normalized spacial score (nSPS) is 34.8. The van der Waals surface area contributed by atoms with Crippen molar-refractivity contribution in [2.75, 3.05) is 46.2 Å². The van der Waals surface area contributed by atoms with Gasteiger partial charge in [0.05, 0.1) is 82.7 Å². The van der Waals surface area contributed by atoms with Gasteiger partial charge in [0.15, 0.2) is 25.2 Å². The summed E-state index contributed by atoms with van der Waals surface area (Å²) in [6.07, 6.45) is -29.7. The van der Waals surface area contributed by atoms with Crippen molar-refractivity contribution in [1.29, 1.82) is 0 Å². The Hall–Kier alpha value is -4.68. The molecule has 129 heavy (non-hydrogen) atoms. The van der Waals surface area contributed by atoms with E-state index in [0.29, 0.717) is 12.8 Å². The number of amides is 4. The molecule has 0 bridgehead atoms. The first-order valence-corrected chi connectivity index (χ1v) is 46.2. The average Bonchev–Trinajstić information content (AvgIpc) is 0.742. The molecule has 0 radical (unpaired) electrons. The van der Waals surface area contributed by atoms with Crippen LogP contribution in [0.15, 0.2) is 12.2 Å². The molecule has 4 amide bonds. The van der Waals surface area contributed by atoms with E-state index in [2.05, 4.69) is 35.1 Å². The Bertz CT molecular complexity index is 3240. The highest BCUT2D eigenvalue weighted by Gasteiger charge is 2.64. The fourth-order valence-corrected chi connectivity index (χ4v) is 17.1. The zero-order valence-electron chi connectivity index (χ0n) is 74.9. The van der Waals surface area contributed by atoms with E-state index in [0.717, 1.165) is 85.0 Å². The summed E-state index contributed by atoms with van der Waals surface area (Å²) in [5, 5.41) is 247. The number of carbonyl (C=O) groups excluding carboxylic acids is 4. The number of carboxylic acids is 2. The number of allylic oxidation sites excluding steroid dienone is 1. The molecule has 6 saturated heterocycles. The second-order valence-corrected chi connectivity index (χ2v) is 35.0.